The van der Waals surface area contributed by atoms with Crippen LogP contribution in [0.5, 0.6) is 0 Å². The molecule has 1 rings (SSSR count). The van der Waals surface area contributed by atoms with Gasteiger partial charge in [-0.25, -0.2) is 0 Å². The number of Topliss-reactive ketones (excluding diaryl/α,β-unsaturated/α-hetero) is 1. The molecule has 1 saturated heterocycles. The first-order valence-electron chi connectivity index (χ1n) is 5.78. The van der Waals surface area contributed by atoms with Gasteiger partial charge in [0.25, 0.3) is 0 Å². The minimum atomic E-state index is -0.876. The average molecular weight is 255 g/mol. The maximum absolute atomic E-state index is 11.7. The molecule has 0 bridgehead atoms. The molecule has 1 heterocycles. The van der Waals surface area contributed by atoms with E-state index >= 15 is 0 Å². The van der Waals surface area contributed by atoms with Crippen molar-refractivity contribution in [2.75, 3.05) is 0 Å². The van der Waals surface area contributed by atoms with Crippen LogP contribution in [0.3, 0.4) is 0 Å². The van der Waals surface area contributed by atoms with E-state index in [0.29, 0.717) is 12.8 Å². The highest BCUT2D eigenvalue weighted by Gasteiger charge is 2.29. The van der Waals surface area contributed by atoms with Crippen LogP contribution in [0, 0.1) is 0 Å². The molecule has 0 aromatic rings. The van der Waals surface area contributed by atoms with E-state index in [0.717, 1.165) is 0 Å². The number of nitrogens with one attached hydrogen (secondary N) is 2. The van der Waals surface area contributed by atoms with Gasteiger partial charge in [0.05, 0.1) is 0 Å². The molecular formula is C11H17N3O4. The van der Waals surface area contributed by atoms with Crippen LogP contribution in [0.1, 0.15) is 32.6 Å². The number of carbonyl (C=O) groups excluding carboxylic acids is 4. The second-order valence-corrected chi connectivity index (χ2v) is 4.36. The number of carbonyl (C=O) groups is 4. The maximum Gasteiger partial charge on any atom is 0.243 e. The summed E-state index contributed by atoms with van der Waals surface area (Å²) in [6, 6.07) is -1.49. The van der Waals surface area contributed by atoms with Gasteiger partial charge in [0.15, 0.2) is 0 Å². The minimum Gasteiger partial charge on any atom is -0.368 e. The molecule has 0 saturated carbocycles. The molecule has 18 heavy (non-hydrogen) atoms. The lowest BCUT2D eigenvalue weighted by molar-refractivity contribution is -0.129. The predicted molar refractivity (Wildman–Crippen MR) is 62.2 cm³/mol. The maximum atomic E-state index is 11.7. The Hall–Kier alpha value is -1.92. The van der Waals surface area contributed by atoms with Gasteiger partial charge in [0.1, 0.15) is 17.9 Å². The highest BCUT2D eigenvalue weighted by molar-refractivity contribution is 5.93. The van der Waals surface area contributed by atoms with Gasteiger partial charge in [-0.15, -0.1) is 0 Å². The topological polar surface area (TPSA) is 118 Å². The fourth-order valence-corrected chi connectivity index (χ4v) is 1.72. The zero-order valence-electron chi connectivity index (χ0n) is 10.2. The zero-order chi connectivity index (χ0) is 13.7. The normalized spacial score (nSPS) is 20.1. The number of primary amides is 1. The Balaban J connectivity index is 2.49. The van der Waals surface area contributed by atoms with Crippen molar-refractivity contribution in [2.45, 2.75) is 44.7 Å². The molecule has 0 aromatic carbocycles. The van der Waals surface area contributed by atoms with Gasteiger partial charge in [-0.1, -0.05) is 0 Å². The van der Waals surface area contributed by atoms with Crippen LogP contribution >= 0.6 is 0 Å². The molecule has 0 aliphatic carbocycles. The molecule has 100 valence electrons. The van der Waals surface area contributed by atoms with Crippen molar-refractivity contribution < 1.29 is 19.2 Å². The quantitative estimate of drug-likeness (QED) is 0.541. The van der Waals surface area contributed by atoms with Crippen LogP contribution < -0.4 is 16.4 Å². The van der Waals surface area contributed by atoms with Crippen LogP contribution in [-0.2, 0) is 19.2 Å². The van der Waals surface area contributed by atoms with E-state index in [9.17, 15) is 19.2 Å². The van der Waals surface area contributed by atoms with Gasteiger partial charge in [-0.05, 0) is 19.8 Å². The largest absolute Gasteiger partial charge is 0.368 e. The smallest absolute Gasteiger partial charge is 0.243 e. The molecule has 1 fully saturated rings. The molecule has 1 aliphatic heterocycles. The first-order valence-corrected chi connectivity index (χ1v) is 5.78. The van der Waals surface area contributed by atoms with Gasteiger partial charge in [-0.3, -0.25) is 14.4 Å². The van der Waals surface area contributed by atoms with Gasteiger partial charge in [0.2, 0.25) is 17.7 Å². The number of amides is 3. The van der Waals surface area contributed by atoms with Gasteiger partial charge < -0.3 is 21.2 Å². The number of nitrogens with two attached hydrogens (primary N) is 1. The Labute approximate surface area is 104 Å². The van der Waals surface area contributed by atoms with Crippen LogP contribution in [0.2, 0.25) is 0 Å². The van der Waals surface area contributed by atoms with Gasteiger partial charge in [-0.2, -0.15) is 0 Å². The summed E-state index contributed by atoms with van der Waals surface area (Å²) in [7, 11) is 0. The highest BCUT2D eigenvalue weighted by Crippen LogP contribution is 2.07. The van der Waals surface area contributed by atoms with Crippen molar-refractivity contribution in [3.63, 3.8) is 0 Å². The van der Waals surface area contributed by atoms with E-state index in [4.69, 9.17) is 5.73 Å². The van der Waals surface area contributed by atoms with Gasteiger partial charge >= 0.3 is 0 Å². The summed E-state index contributed by atoms with van der Waals surface area (Å²) in [5.74, 6) is -1.39. The lowest BCUT2D eigenvalue weighted by Crippen LogP contribution is -2.50. The average Bonchev–Trinajstić information content (AvgIpc) is 2.70. The van der Waals surface area contributed by atoms with Crippen molar-refractivity contribution in [1.29, 1.82) is 0 Å². The predicted octanol–water partition coefficient (Wildman–Crippen LogP) is -1.40. The molecule has 7 nitrogen and oxygen atoms in total. The van der Waals surface area contributed by atoms with E-state index in [-0.39, 0.29) is 24.5 Å². The zero-order valence-corrected chi connectivity index (χ0v) is 10.2. The van der Waals surface area contributed by atoms with E-state index in [1.807, 2.05) is 0 Å². The lowest BCUT2D eigenvalue weighted by Gasteiger charge is -2.17. The van der Waals surface area contributed by atoms with Crippen molar-refractivity contribution in [3.8, 4) is 0 Å². The molecule has 2 atom stereocenters. The molecule has 3 amide bonds. The monoisotopic (exact) mass is 255 g/mol. The summed E-state index contributed by atoms with van der Waals surface area (Å²) in [5, 5.41) is 4.95. The first kappa shape index (κ1) is 14.1. The second kappa shape index (κ2) is 6.13. The fourth-order valence-electron chi connectivity index (χ4n) is 1.72. The molecule has 0 aromatic heterocycles. The van der Waals surface area contributed by atoms with E-state index in [2.05, 4.69) is 10.6 Å². The Kier molecular flexibility index (Phi) is 4.82. The van der Waals surface area contributed by atoms with Crippen LogP contribution in [0.4, 0.5) is 0 Å². The fraction of sp³-hybridized carbons (Fsp3) is 0.636. The van der Waals surface area contributed by atoms with Crippen molar-refractivity contribution in [1.82, 2.24) is 10.6 Å². The summed E-state index contributed by atoms with van der Waals surface area (Å²) in [6.07, 6.45) is 1.05. The molecular weight excluding hydrogens is 238 g/mol. The van der Waals surface area contributed by atoms with Crippen LogP contribution in [-0.4, -0.2) is 35.6 Å². The third kappa shape index (κ3) is 4.15. The number of rotatable bonds is 6. The van der Waals surface area contributed by atoms with E-state index in [1.54, 1.807) is 0 Å². The third-order valence-electron chi connectivity index (χ3n) is 2.76. The molecule has 0 unspecified atom stereocenters. The third-order valence-corrected chi connectivity index (χ3v) is 2.76. The highest BCUT2D eigenvalue weighted by atomic mass is 16.2. The molecule has 7 heteroatoms. The van der Waals surface area contributed by atoms with Crippen LogP contribution in [0.15, 0.2) is 0 Å². The molecule has 0 spiro atoms. The minimum absolute atomic E-state index is 0.0790. The molecule has 4 N–H and O–H groups in total. The Morgan fingerprint density at radius 1 is 1.50 bits per heavy atom. The van der Waals surface area contributed by atoms with E-state index in [1.165, 1.54) is 6.92 Å². The molecule has 1 aliphatic rings. The molecule has 0 radical (unpaired) electrons. The number of hydrogen-bond donors (Lipinski definition) is 3. The summed E-state index contributed by atoms with van der Waals surface area (Å²) in [5.41, 5.74) is 5.14. The summed E-state index contributed by atoms with van der Waals surface area (Å²) >= 11 is 0. The summed E-state index contributed by atoms with van der Waals surface area (Å²) in [6.45, 7) is 1.40. The van der Waals surface area contributed by atoms with Gasteiger partial charge in [0, 0.05) is 12.8 Å². The SMILES string of the molecule is CC(=O)CC[C@@H](NC(=O)[C@H]1CCC(=O)N1)C(N)=O. The van der Waals surface area contributed by atoms with Crippen LogP contribution in [0.25, 0.3) is 0 Å². The van der Waals surface area contributed by atoms with Crippen molar-refractivity contribution in [2.24, 2.45) is 5.73 Å². The van der Waals surface area contributed by atoms with Crippen molar-refractivity contribution in [3.05, 3.63) is 0 Å². The number of hydrogen-bond acceptors (Lipinski definition) is 4. The standard InChI is InChI=1S/C11H17N3O4/c1-6(15)2-3-7(10(12)17)14-11(18)8-4-5-9(16)13-8/h7-8H,2-5H2,1H3,(H2,12,17)(H,13,16)(H,14,18)/t7-,8-/m1/s1. The Morgan fingerprint density at radius 2 is 2.17 bits per heavy atom. The Morgan fingerprint density at radius 3 is 2.61 bits per heavy atom. The summed E-state index contributed by atoms with van der Waals surface area (Å²) < 4.78 is 0. The first-order chi connectivity index (χ1) is 8.40. The lowest BCUT2D eigenvalue weighted by atomic mass is 10.1. The van der Waals surface area contributed by atoms with E-state index < -0.39 is 23.9 Å². The second-order valence-electron chi connectivity index (χ2n) is 4.36. The Bertz CT molecular complexity index is 380. The van der Waals surface area contributed by atoms with Crippen molar-refractivity contribution >= 4 is 23.5 Å². The number of ketones is 1. The summed E-state index contributed by atoms with van der Waals surface area (Å²) in [4.78, 5) is 44.7.